The smallest absolute Gasteiger partial charge is 0.375 e. The molecule has 19 heavy (non-hydrogen) atoms. The van der Waals surface area contributed by atoms with Crippen molar-refractivity contribution in [3.05, 3.63) is 38.8 Å². The van der Waals surface area contributed by atoms with E-state index in [2.05, 4.69) is 41.9 Å². The van der Waals surface area contributed by atoms with Crippen LogP contribution >= 0.6 is 31.9 Å². The molecule has 100 valence electrons. The van der Waals surface area contributed by atoms with Crippen LogP contribution in [0.15, 0.2) is 27.1 Å². The molecule has 7 heteroatoms. The van der Waals surface area contributed by atoms with Crippen molar-refractivity contribution in [3.8, 4) is 5.69 Å². The van der Waals surface area contributed by atoms with Gasteiger partial charge < -0.3 is 5.11 Å². The molecule has 0 aliphatic rings. The summed E-state index contributed by atoms with van der Waals surface area (Å²) in [6.45, 7) is 3.88. The van der Waals surface area contributed by atoms with E-state index in [-0.39, 0.29) is 11.7 Å². The third-order valence-corrected chi connectivity index (χ3v) is 3.77. The van der Waals surface area contributed by atoms with E-state index in [1.165, 1.54) is 0 Å². The minimum Gasteiger partial charge on any atom is -0.475 e. The number of nitrogens with zero attached hydrogens (tertiary/aromatic N) is 3. The Morgan fingerprint density at radius 1 is 1.32 bits per heavy atom. The summed E-state index contributed by atoms with van der Waals surface area (Å²) in [6.07, 6.45) is 0. The summed E-state index contributed by atoms with van der Waals surface area (Å²) >= 11 is 6.89. The van der Waals surface area contributed by atoms with Crippen molar-refractivity contribution in [2.24, 2.45) is 0 Å². The van der Waals surface area contributed by atoms with Gasteiger partial charge in [-0.05, 0) is 44.0 Å². The average molecular weight is 389 g/mol. The summed E-state index contributed by atoms with van der Waals surface area (Å²) in [7, 11) is 0. The van der Waals surface area contributed by atoms with Crippen molar-refractivity contribution in [2.75, 3.05) is 0 Å². The van der Waals surface area contributed by atoms with Gasteiger partial charge in [0.05, 0.1) is 5.69 Å². The molecule has 1 N–H and O–H groups in total. The molecule has 0 fully saturated rings. The van der Waals surface area contributed by atoms with E-state index in [1.807, 2.05) is 32.0 Å². The van der Waals surface area contributed by atoms with Crippen LogP contribution in [0, 0.1) is 0 Å². The van der Waals surface area contributed by atoms with E-state index in [4.69, 9.17) is 5.11 Å². The first kappa shape index (κ1) is 14.2. The maximum absolute atomic E-state index is 11.0. The van der Waals surface area contributed by atoms with E-state index >= 15 is 0 Å². The second-order valence-corrected chi connectivity index (χ2v) is 5.94. The molecule has 0 radical (unpaired) electrons. The summed E-state index contributed by atoms with van der Waals surface area (Å²) in [5.41, 5.74) is 0.742. The van der Waals surface area contributed by atoms with Gasteiger partial charge in [-0.1, -0.05) is 19.9 Å². The van der Waals surface area contributed by atoms with Gasteiger partial charge in [0.25, 0.3) is 5.82 Å². The van der Waals surface area contributed by atoms with Crippen LogP contribution in [0.2, 0.25) is 0 Å². The Morgan fingerprint density at radius 3 is 2.37 bits per heavy atom. The molecule has 0 unspecified atom stereocenters. The summed E-state index contributed by atoms with van der Waals surface area (Å²) in [5, 5.41) is 13.1. The van der Waals surface area contributed by atoms with Crippen LogP contribution in [0.3, 0.4) is 0 Å². The van der Waals surface area contributed by atoms with Gasteiger partial charge in [0.1, 0.15) is 5.82 Å². The second-order valence-electron chi connectivity index (χ2n) is 4.24. The van der Waals surface area contributed by atoms with Crippen LogP contribution in [-0.2, 0) is 0 Å². The predicted octanol–water partition coefficient (Wildman–Crippen LogP) is 3.61. The number of para-hydroxylation sites is 1. The van der Waals surface area contributed by atoms with Crippen molar-refractivity contribution in [1.82, 2.24) is 14.8 Å². The Labute approximate surface area is 126 Å². The summed E-state index contributed by atoms with van der Waals surface area (Å²) in [6, 6.07) is 5.61. The fraction of sp³-hybridized carbons (Fsp3) is 0.250. The van der Waals surface area contributed by atoms with E-state index < -0.39 is 5.97 Å². The molecular formula is C12H11Br2N3O2. The highest BCUT2D eigenvalue weighted by atomic mass is 79.9. The minimum absolute atomic E-state index is 0.0552. The summed E-state index contributed by atoms with van der Waals surface area (Å²) in [4.78, 5) is 15.1. The highest BCUT2D eigenvalue weighted by molar-refractivity contribution is 9.11. The molecule has 0 aliphatic carbocycles. The Balaban J connectivity index is 2.70. The van der Waals surface area contributed by atoms with E-state index in [1.54, 1.807) is 4.68 Å². The zero-order chi connectivity index (χ0) is 14.2. The van der Waals surface area contributed by atoms with Crippen molar-refractivity contribution in [1.29, 1.82) is 0 Å². The highest BCUT2D eigenvalue weighted by Crippen LogP contribution is 2.30. The second kappa shape index (κ2) is 5.42. The van der Waals surface area contributed by atoms with Crippen molar-refractivity contribution in [2.45, 2.75) is 19.8 Å². The van der Waals surface area contributed by atoms with Crippen LogP contribution < -0.4 is 0 Å². The Kier molecular flexibility index (Phi) is 4.05. The maximum atomic E-state index is 11.0. The fourth-order valence-corrected chi connectivity index (χ4v) is 2.98. The monoisotopic (exact) mass is 387 g/mol. The third kappa shape index (κ3) is 2.71. The number of benzene rings is 1. The lowest BCUT2D eigenvalue weighted by atomic mass is 10.2. The first-order valence-corrected chi connectivity index (χ1v) is 7.15. The zero-order valence-corrected chi connectivity index (χ0v) is 13.4. The quantitative estimate of drug-likeness (QED) is 0.871. The number of carboxylic acid groups (broad SMARTS) is 1. The number of aromatic carboxylic acids is 1. The molecule has 0 spiro atoms. The molecule has 5 nitrogen and oxygen atoms in total. The Bertz CT molecular complexity index is 618. The number of aromatic nitrogens is 3. The first-order valence-electron chi connectivity index (χ1n) is 5.56. The van der Waals surface area contributed by atoms with Crippen LogP contribution in [0.5, 0.6) is 0 Å². The van der Waals surface area contributed by atoms with Crippen molar-refractivity contribution in [3.63, 3.8) is 0 Å². The van der Waals surface area contributed by atoms with Gasteiger partial charge in [0.15, 0.2) is 0 Å². The van der Waals surface area contributed by atoms with E-state index in [0.29, 0.717) is 5.82 Å². The number of rotatable bonds is 3. The molecule has 0 atom stereocenters. The van der Waals surface area contributed by atoms with Gasteiger partial charge in [0, 0.05) is 14.9 Å². The van der Waals surface area contributed by atoms with Crippen LogP contribution in [0.25, 0.3) is 5.69 Å². The fourth-order valence-electron chi connectivity index (χ4n) is 1.64. The largest absolute Gasteiger partial charge is 0.475 e. The summed E-state index contributed by atoms with van der Waals surface area (Å²) in [5.74, 6) is -0.681. The molecule has 2 aromatic rings. The molecular weight excluding hydrogens is 378 g/mol. The average Bonchev–Trinajstić information content (AvgIpc) is 2.73. The maximum Gasteiger partial charge on any atom is 0.375 e. The number of halogens is 2. The molecule has 2 rings (SSSR count). The van der Waals surface area contributed by atoms with Gasteiger partial charge in [-0.2, -0.15) is 0 Å². The Hall–Kier alpha value is -1.21. The number of hydrogen-bond donors (Lipinski definition) is 1. The van der Waals surface area contributed by atoms with Crippen LogP contribution in [0.4, 0.5) is 0 Å². The van der Waals surface area contributed by atoms with Crippen LogP contribution in [0.1, 0.15) is 36.2 Å². The SMILES string of the molecule is CC(C)c1nc(C(=O)O)nn1-c1c(Br)cccc1Br. The lowest BCUT2D eigenvalue weighted by Crippen LogP contribution is -2.06. The first-order chi connectivity index (χ1) is 8.91. The molecule has 1 heterocycles. The van der Waals surface area contributed by atoms with Crippen molar-refractivity contribution >= 4 is 37.8 Å². The van der Waals surface area contributed by atoms with Gasteiger partial charge in [-0.25, -0.2) is 14.5 Å². The molecule has 1 aromatic carbocycles. The highest BCUT2D eigenvalue weighted by Gasteiger charge is 2.21. The number of hydrogen-bond acceptors (Lipinski definition) is 3. The Morgan fingerprint density at radius 2 is 1.89 bits per heavy atom. The molecule has 1 aromatic heterocycles. The third-order valence-electron chi connectivity index (χ3n) is 2.49. The van der Waals surface area contributed by atoms with E-state index in [9.17, 15) is 4.79 Å². The number of carboxylic acids is 1. The summed E-state index contributed by atoms with van der Waals surface area (Å²) < 4.78 is 3.18. The standard InChI is InChI=1S/C12H11Br2N3O2/c1-6(2)11-15-10(12(18)19)16-17(11)9-7(13)4-3-5-8(9)14/h3-6H,1-2H3,(H,18,19). The minimum atomic E-state index is -1.14. The normalized spacial score (nSPS) is 11.0. The topological polar surface area (TPSA) is 68.0 Å². The molecule has 0 saturated heterocycles. The van der Waals surface area contributed by atoms with Gasteiger partial charge in [-0.3, -0.25) is 0 Å². The zero-order valence-electron chi connectivity index (χ0n) is 10.3. The van der Waals surface area contributed by atoms with Gasteiger partial charge in [-0.15, -0.1) is 5.10 Å². The number of carbonyl (C=O) groups is 1. The lowest BCUT2D eigenvalue weighted by molar-refractivity contribution is 0.0683. The molecule has 0 saturated carbocycles. The van der Waals surface area contributed by atoms with Gasteiger partial charge in [0.2, 0.25) is 0 Å². The molecule has 0 aliphatic heterocycles. The van der Waals surface area contributed by atoms with E-state index in [0.717, 1.165) is 14.6 Å². The van der Waals surface area contributed by atoms with Crippen LogP contribution in [-0.4, -0.2) is 25.8 Å². The lowest BCUT2D eigenvalue weighted by Gasteiger charge is -2.11. The van der Waals surface area contributed by atoms with Gasteiger partial charge >= 0.3 is 5.97 Å². The molecule has 0 bridgehead atoms. The van der Waals surface area contributed by atoms with Crippen molar-refractivity contribution < 1.29 is 9.90 Å². The molecule has 0 amide bonds. The predicted molar refractivity (Wildman–Crippen MR) is 77.8 cm³/mol.